The van der Waals surface area contributed by atoms with Crippen LogP contribution in [0.5, 0.6) is 0 Å². The van der Waals surface area contributed by atoms with E-state index in [1.165, 1.54) is 5.52 Å². The van der Waals surface area contributed by atoms with Gasteiger partial charge in [-0.2, -0.15) is 0 Å². The molecule has 5 heteroatoms. The summed E-state index contributed by atoms with van der Waals surface area (Å²) in [5.74, 6) is 1.17. The molecule has 2 aromatic rings. The molecule has 0 bridgehead atoms. The van der Waals surface area contributed by atoms with E-state index >= 15 is 0 Å². The SMILES string of the molecule is CCn1c(CNCCNC(=O)C(C)C)nc2ccccc21. The first-order chi connectivity index (χ1) is 10.1. The van der Waals surface area contributed by atoms with Crippen LogP contribution in [0.1, 0.15) is 26.6 Å². The highest BCUT2D eigenvalue weighted by Gasteiger charge is 2.08. The Balaban J connectivity index is 1.87. The molecule has 0 spiro atoms. The third-order valence-corrected chi connectivity index (χ3v) is 3.46. The Kier molecular flexibility index (Phi) is 5.33. The molecule has 2 N–H and O–H groups in total. The number of imidazole rings is 1. The third kappa shape index (κ3) is 3.82. The van der Waals surface area contributed by atoms with Crippen molar-refractivity contribution >= 4 is 16.9 Å². The number of para-hydroxylation sites is 2. The van der Waals surface area contributed by atoms with Gasteiger partial charge in [-0.1, -0.05) is 26.0 Å². The first-order valence-corrected chi connectivity index (χ1v) is 7.56. The Hall–Kier alpha value is -1.88. The number of benzene rings is 1. The standard InChI is InChI=1S/C16H24N4O/c1-4-20-14-8-6-5-7-13(14)19-15(20)11-17-9-10-18-16(21)12(2)3/h5-8,12,17H,4,9-11H2,1-3H3,(H,18,21). The summed E-state index contributed by atoms with van der Waals surface area (Å²) in [5.41, 5.74) is 2.20. The van der Waals surface area contributed by atoms with Crippen LogP contribution in [0.25, 0.3) is 11.0 Å². The van der Waals surface area contributed by atoms with Crippen LogP contribution in [-0.2, 0) is 17.9 Å². The summed E-state index contributed by atoms with van der Waals surface area (Å²) in [7, 11) is 0. The predicted octanol–water partition coefficient (Wildman–Crippen LogP) is 1.92. The Labute approximate surface area is 125 Å². The molecule has 1 heterocycles. The number of aromatic nitrogens is 2. The van der Waals surface area contributed by atoms with Crippen molar-refractivity contribution in [1.82, 2.24) is 20.2 Å². The predicted molar refractivity (Wildman–Crippen MR) is 85.0 cm³/mol. The van der Waals surface area contributed by atoms with Gasteiger partial charge in [-0.3, -0.25) is 4.79 Å². The lowest BCUT2D eigenvalue weighted by Gasteiger charge is -2.09. The van der Waals surface area contributed by atoms with Gasteiger partial charge in [-0.25, -0.2) is 4.98 Å². The largest absolute Gasteiger partial charge is 0.355 e. The topological polar surface area (TPSA) is 59.0 Å². The second-order valence-corrected chi connectivity index (χ2v) is 5.38. The number of rotatable bonds is 7. The van der Waals surface area contributed by atoms with Gasteiger partial charge in [0.25, 0.3) is 0 Å². The number of aryl methyl sites for hydroxylation is 1. The van der Waals surface area contributed by atoms with E-state index in [-0.39, 0.29) is 11.8 Å². The molecular formula is C16H24N4O. The van der Waals surface area contributed by atoms with E-state index in [9.17, 15) is 4.79 Å². The third-order valence-electron chi connectivity index (χ3n) is 3.46. The molecule has 1 amide bonds. The van der Waals surface area contributed by atoms with E-state index in [1.807, 2.05) is 32.0 Å². The minimum Gasteiger partial charge on any atom is -0.355 e. The molecule has 2 rings (SSSR count). The van der Waals surface area contributed by atoms with Crippen LogP contribution in [0.3, 0.4) is 0 Å². The fourth-order valence-electron chi connectivity index (χ4n) is 2.29. The molecule has 114 valence electrons. The molecular weight excluding hydrogens is 264 g/mol. The highest BCUT2D eigenvalue weighted by Crippen LogP contribution is 2.15. The van der Waals surface area contributed by atoms with Gasteiger partial charge in [0.2, 0.25) is 5.91 Å². The van der Waals surface area contributed by atoms with Gasteiger partial charge >= 0.3 is 0 Å². The lowest BCUT2D eigenvalue weighted by atomic mass is 10.2. The molecule has 0 aliphatic rings. The Morgan fingerprint density at radius 2 is 2.05 bits per heavy atom. The number of fused-ring (bicyclic) bond motifs is 1. The van der Waals surface area contributed by atoms with Crippen LogP contribution >= 0.6 is 0 Å². The zero-order valence-corrected chi connectivity index (χ0v) is 13.0. The molecule has 0 atom stereocenters. The Morgan fingerprint density at radius 3 is 2.76 bits per heavy atom. The molecule has 0 aliphatic carbocycles. The van der Waals surface area contributed by atoms with Crippen molar-refractivity contribution in [1.29, 1.82) is 0 Å². The maximum atomic E-state index is 11.4. The fraction of sp³-hybridized carbons (Fsp3) is 0.500. The first kappa shape index (κ1) is 15.5. The number of nitrogens with zero attached hydrogens (tertiary/aromatic N) is 2. The summed E-state index contributed by atoms with van der Waals surface area (Å²) in [4.78, 5) is 16.1. The highest BCUT2D eigenvalue weighted by atomic mass is 16.1. The molecule has 5 nitrogen and oxygen atoms in total. The van der Waals surface area contributed by atoms with Crippen molar-refractivity contribution in [2.24, 2.45) is 5.92 Å². The van der Waals surface area contributed by atoms with Gasteiger partial charge in [0.15, 0.2) is 0 Å². The fourth-order valence-corrected chi connectivity index (χ4v) is 2.29. The minimum atomic E-state index is 0.0364. The van der Waals surface area contributed by atoms with E-state index in [0.29, 0.717) is 13.1 Å². The molecule has 21 heavy (non-hydrogen) atoms. The van der Waals surface area contributed by atoms with Crippen LogP contribution in [-0.4, -0.2) is 28.5 Å². The zero-order chi connectivity index (χ0) is 15.2. The Morgan fingerprint density at radius 1 is 1.29 bits per heavy atom. The van der Waals surface area contributed by atoms with Gasteiger partial charge in [0.05, 0.1) is 17.6 Å². The number of carbonyl (C=O) groups excluding carboxylic acids is 1. The average Bonchev–Trinajstić information content (AvgIpc) is 2.83. The monoisotopic (exact) mass is 288 g/mol. The van der Waals surface area contributed by atoms with Crippen molar-refractivity contribution in [3.63, 3.8) is 0 Å². The van der Waals surface area contributed by atoms with E-state index < -0.39 is 0 Å². The van der Waals surface area contributed by atoms with Gasteiger partial charge in [0, 0.05) is 25.6 Å². The summed E-state index contributed by atoms with van der Waals surface area (Å²) in [5, 5.41) is 6.23. The van der Waals surface area contributed by atoms with E-state index in [4.69, 9.17) is 0 Å². The lowest BCUT2D eigenvalue weighted by molar-refractivity contribution is -0.123. The van der Waals surface area contributed by atoms with E-state index in [0.717, 1.165) is 24.4 Å². The smallest absolute Gasteiger partial charge is 0.222 e. The number of hydrogen-bond donors (Lipinski definition) is 2. The molecule has 0 fully saturated rings. The average molecular weight is 288 g/mol. The van der Waals surface area contributed by atoms with Gasteiger partial charge in [-0.05, 0) is 19.1 Å². The number of hydrogen-bond acceptors (Lipinski definition) is 3. The summed E-state index contributed by atoms with van der Waals surface area (Å²) in [6, 6.07) is 8.18. The lowest BCUT2D eigenvalue weighted by Crippen LogP contribution is -2.34. The Bertz CT molecular complexity index is 603. The van der Waals surface area contributed by atoms with Crippen LogP contribution < -0.4 is 10.6 Å². The van der Waals surface area contributed by atoms with Gasteiger partial charge in [-0.15, -0.1) is 0 Å². The molecule has 0 saturated carbocycles. The second kappa shape index (κ2) is 7.22. The van der Waals surface area contributed by atoms with Crippen molar-refractivity contribution < 1.29 is 4.79 Å². The van der Waals surface area contributed by atoms with Crippen molar-refractivity contribution in [2.75, 3.05) is 13.1 Å². The van der Waals surface area contributed by atoms with Crippen LogP contribution in [0.2, 0.25) is 0 Å². The maximum Gasteiger partial charge on any atom is 0.222 e. The number of nitrogens with one attached hydrogen (secondary N) is 2. The number of carbonyl (C=O) groups is 1. The molecule has 0 aliphatic heterocycles. The first-order valence-electron chi connectivity index (χ1n) is 7.56. The van der Waals surface area contributed by atoms with Gasteiger partial charge in [0.1, 0.15) is 5.82 Å². The summed E-state index contributed by atoms with van der Waals surface area (Å²) >= 11 is 0. The van der Waals surface area contributed by atoms with Crippen LogP contribution in [0, 0.1) is 5.92 Å². The molecule has 0 saturated heterocycles. The van der Waals surface area contributed by atoms with E-state index in [2.05, 4.69) is 33.2 Å². The highest BCUT2D eigenvalue weighted by molar-refractivity contribution is 5.77. The van der Waals surface area contributed by atoms with E-state index in [1.54, 1.807) is 0 Å². The van der Waals surface area contributed by atoms with Gasteiger partial charge < -0.3 is 15.2 Å². The summed E-state index contributed by atoms with van der Waals surface area (Å²) in [6.07, 6.45) is 0. The number of amides is 1. The van der Waals surface area contributed by atoms with Crippen molar-refractivity contribution in [3.05, 3.63) is 30.1 Å². The molecule has 1 aromatic heterocycles. The zero-order valence-electron chi connectivity index (χ0n) is 13.0. The molecule has 0 unspecified atom stereocenters. The molecule has 1 aromatic carbocycles. The van der Waals surface area contributed by atoms with Crippen molar-refractivity contribution in [3.8, 4) is 0 Å². The van der Waals surface area contributed by atoms with Crippen LogP contribution in [0.4, 0.5) is 0 Å². The normalized spacial score (nSPS) is 11.2. The van der Waals surface area contributed by atoms with Crippen molar-refractivity contribution in [2.45, 2.75) is 33.9 Å². The minimum absolute atomic E-state index is 0.0364. The summed E-state index contributed by atoms with van der Waals surface area (Å²) < 4.78 is 2.22. The summed E-state index contributed by atoms with van der Waals surface area (Å²) in [6.45, 7) is 8.91. The second-order valence-electron chi connectivity index (χ2n) is 5.38. The quantitative estimate of drug-likeness (QED) is 0.765. The maximum absolute atomic E-state index is 11.4. The molecule has 0 radical (unpaired) electrons. The van der Waals surface area contributed by atoms with Crippen LogP contribution in [0.15, 0.2) is 24.3 Å².